The van der Waals surface area contributed by atoms with Crippen molar-refractivity contribution in [2.24, 2.45) is 17.8 Å². The monoisotopic (exact) mass is 719 g/mol. The molecule has 0 saturated carbocycles. The topological polar surface area (TPSA) is 191 Å². The second-order valence-electron chi connectivity index (χ2n) is 15.5. The van der Waals surface area contributed by atoms with E-state index in [2.05, 4.69) is 5.32 Å². The van der Waals surface area contributed by atoms with Crippen LogP contribution in [0.4, 0.5) is 0 Å². The Balaban J connectivity index is 2.50. The van der Waals surface area contributed by atoms with Gasteiger partial charge in [0.1, 0.15) is 23.9 Å². The summed E-state index contributed by atoms with van der Waals surface area (Å²) in [6.45, 7) is 17.4. The van der Waals surface area contributed by atoms with Crippen molar-refractivity contribution >= 4 is 11.9 Å². The molecule has 2 aliphatic heterocycles. The second kappa shape index (κ2) is 19.6. The van der Waals surface area contributed by atoms with E-state index < -0.39 is 71.9 Å². The highest BCUT2D eigenvalue weighted by atomic mass is 16.7. The van der Waals surface area contributed by atoms with E-state index in [1.54, 1.807) is 34.6 Å². The van der Waals surface area contributed by atoms with Gasteiger partial charge in [0.15, 0.2) is 6.29 Å². The van der Waals surface area contributed by atoms with Gasteiger partial charge in [0, 0.05) is 44.2 Å². The number of nitrogens with one attached hydrogen (secondary N) is 1. The summed E-state index contributed by atoms with van der Waals surface area (Å²) in [6, 6.07) is -0.887. The third-order valence-electron chi connectivity index (χ3n) is 10.7. The molecule has 0 aromatic heterocycles. The first-order chi connectivity index (χ1) is 23.2. The number of ether oxygens (including phenoxy) is 4. The van der Waals surface area contributed by atoms with Crippen molar-refractivity contribution < 1.29 is 54.1 Å². The Labute approximate surface area is 299 Å². The van der Waals surface area contributed by atoms with Crippen LogP contribution in [0.2, 0.25) is 0 Å². The molecule has 50 heavy (non-hydrogen) atoms. The maximum atomic E-state index is 13.5. The lowest BCUT2D eigenvalue weighted by molar-refractivity contribution is -0.299. The molecule has 0 aromatic rings. The van der Waals surface area contributed by atoms with Gasteiger partial charge in [-0.1, -0.05) is 20.8 Å². The maximum absolute atomic E-state index is 13.5. The van der Waals surface area contributed by atoms with E-state index in [1.165, 1.54) is 13.8 Å². The minimum Gasteiger partial charge on any atom is -0.466 e. The van der Waals surface area contributed by atoms with Gasteiger partial charge in [-0.2, -0.15) is 0 Å². The summed E-state index contributed by atoms with van der Waals surface area (Å²) in [5, 5.41) is 61.7. The molecule has 2 heterocycles. The molecule has 0 bridgehead atoms. The Kier molecular flexibility index (Phi) is 17.5. The predicted molar refractivity (Wildman–Crippen MR) is 188 cm³/mol. The lowest BCUT2D eigenvalue weighted by atomic mass is 9.78. The first-order valence-corrected chi connectivity index (χ1v) is 18.5. The second-order valence-corrected chi connectivity index (χ2v) is 15.5. The SMILES string of the molecule is CCOC(=O)CCNCCN1C[C@H](C)C[C@@](C)(O)[C@H](O[C@@H]2O[C@H](C)C[C@H](N(C)C)[C@H]2O)[C@@H](C)[C@H](O)[C@@H](C)C(=O)O[C@H](CC)[C@@](C)(O)[C@H](O)[C@H]1C. The number of likely N-dealkylation sites (N-methyl/N-ethyl adjacent to an activating group) is 1. The summed E-state index contributed by atoms with van der Waals surface area (Å²) in [6.07, 6.45) is -6.08. The zero-order valence-electron chi connectivity index (χ0n) is 32.4. The van der Waals surface area contributed by atoms with E-state index in [-0.39, 0.29) is 43.3 Å². The molecule has 0 unspecified atom stereocenters. The first-order valence-electron chi connectivity index (χ1n) is 18.5. The van der Waals surface area contributed by atoms with Gasteiger partial charge >= 0.3 is 11.9 Å². The van der Waals surface area contributed by atoms with Crippen LogP contribution in [0.25, 0.3) is 0 Å². The highest BCUT2D eigenvalue weighted by Crippen LogP contribution is 2.36. The third-order valence-corrected chi connectivity index (χ3v) is 10.7. The molecule has 0 amide bonds. The molecule has 14 nitrogen and oxygen atoms in total. The minimum atomic E-state index is -1.84. The van der Waals surface area contributed by atoms with Crippen LogP contribution < -0.4 is 5.32 Å². The fourth-order valence-corrected chi connectivity index (χ4v) is 7.67. The maximum Gasteiger partial charge on any atom is 0.311 e. The highest BCUT2D eigenvalue weighted by Gasteiger charge is 2.50. The van der Waals surface area contributed by atoms with Gasteiger partial charge in [0.2, 0.25) is 0 Å². The summed E-state index contributed by atoms with van der Waals surface area (Å²) < 4.78 is 23.3. The number of carbonyl (C=O) groups is 2. The Hall–Kier alpha value is -1.46. The van der Waals surface area contributed by atoms with Crippen molar-refractivity contribution in [1.82, 2.24) is 15.1 Å². The summed E-state index contributed by atoms with van der Waals surface area (Å²) in [5.74, 6) is -3.19. The number of hydrogen-bond acceptors (Lipinski definition) is 14. The molecule has 2 rings (SSSR count). The van der Waals surface area contributed by atoms with Gasteiger partial charge in [-0.3, -0.25) is 14.5 Å². The van der Waals surface area contributed by atoms with Gasteiger partial charge in [-0.25, -0.2) is 0 Å². The Morgan fingerprint density at radius 2 is 1.68 bits per heavy atom. The first kappa shape index (κ1) is 44.7. The quantitative estimate of drug-likeness (QED) is 0.130. The third kappa shape index (κ3) is 11.8. The number of nitrogens with zero attached hydrogens (tertiary/aromatic N) is 2. The van der Waals surface area contributed by atoms with Gasteiger partial charge in [-0.15, -0.1) is 0 Å². The molecular formula is C36H69N3O11. The van der Waals surface area contributed by atoms with Gasteiger partial charge < -0.3 is 54.7 Å². The van der Waals surface area contributed by atoms with E-state index in [4.69, 9.17) is 18.9 Å². The number of esters is 2. The molecule has 2 saturated heterocycles. The Bertz CT molecular complexity index is 1050. The van der Waals surface area contributed by atoms with Crippen LogP contribution in [0.15, 0.2) is 0 Å². The minimum absolute atomic E-state index is 0.187. The molecule has 0 radical (unpaired) electrons. The fraction of sp³-hybridized carbons (Fsp3) is 0.944. The van der Waals surface area contributed by atoms with E-state index >= 15 is 0 Å². The lowest BCUT2D eigenvalue weighted by Gasteiger charge is -2.46. The number of cyclic esters (lactones) is 1. The van der Waals surface area contributed by atoms with Crippen LogP contribution >= 0.6 is 0 Å². The highest BCUT2D eigenvalue weighted by molar-refractivity contribution is 5.73. The molecule has 14 atom stereocenters. The number of carbonyl (C=O) groups excluding carboxylic acids is 2. The zero-order valence-corrected chi connectivity index (χ0v) is 32.4. The zero-order chi connectivity index (χ0) is 38.1. The predicted octanol–water partition coefficient (Wildman–Crippen LogP) is 0.889. The van der Waals surface area contributed by atoms with E-state index in [1.807, 2.05) is 37.7 Å². The average molecular weight is 720 g/mol. The van der Waals surface area contributed by atoms with Gasteiger partial charge in [0.25, 0.3) is 0 Å². The normalized spacial score (nSPS) is 41.7. The number of aliphatic hydroxyl groups excluding tert-OH is 3. The molecule has 14 heteroatoms. The summed E-state index contributed by atoms with van der Waals surface area (Å²) in [4.78, 5) is 29.2. The van der Waals surface area contributed by atoms with E-state index in [9.17, 15) is 35.1 Å². The van der Waals surface area contributed by atoms with Gasteiger partial charge in [-0.05, 0) is 80.8 Å². The standard InChI is InChI=1S/C36H69N3O11/c1-12-27-36(9,46)31(43)25(7)39(17-16-37-15-14-28(40)47-13-2)20-21(3)19-35(8,45)32(23(5)29(41)24(6)33(44)49-27)50-34-30(42)26(38(10)11)18-22(4)48-34/h21-27,29-32,34,37,41-43,45-46H,12-20H2,1-11H3/t21-,22-,23+,24-,25-,26+,27-,29+,30-,31-,32-,34+,35-,36-/m1/s1. The number of aliphatic hydroxyl groups is 5. The van der Waals surface area contributed by atoms with Crippen molar-refractivity contribution in [3.8, 4) is 0 Å². The van der Waals surface area contributed by atoms with Crippen LogP contribution in [0.5, 0.6) is 0 Å². The molecule has 0 aliphatic carbocycles. The molecule has 6 N–H and O–H groups in total. The lowest BCUT2D eigenvalue weighted by Crippen LogP contribution is -2.60. The summed E-state index contributed by atoms with van der Waals surface area (Å²) >= 11 is 0. The Morgan fingerprint density at radius 3 is 2.26 bits per heavy atom. The van der Waals surface area contributed by atoms with E-state index in [0.29, 0.717) is 39.2 Å². The van der Waals surface area contributed by atoms with Crippen molar-refractivity contribution in [3.63, 3.8) is 0 Å². The molecule has 0 spiro atoms. The van der Waals surface area contributed by atoms with Crippen LogP contribution in [-0.4, -0.2) is 160 Å². The molecule has 294 valence electrons. The molecule has 2 fully saturated rings. The average Bonchev–Trinajstić information content (AvgIpc) is 3.03. The number of hydrogen-bond donors (Lipinski definition) is 6. The largest absolute Gasteiger partial charge is 0.466 e. The van der Waals surface area contributed by atoms with Crippen LogP contribution in [0, 0.1) is 17.8 Å². The van der Waals surface area contributed by atoms with Gasteiger partial charge in [0.05, 0.1) is 42.9 Å². The van der Waals surface area contributed by atoms with Crippen molar-refractivity contribution in [2.75, 3.05) is 46.9 Å². The molecular weight excluding hydrogens is 650 g/mol. The fourth-order valence-electron chi connectivity index (χ4n) is 7.67. The van der Waals surface area contributed by atoms with E-state index in [0.717, 1.165) is 0 Å². The summed E-state index contributed by atoms with van der Waals surface area (Å²) in [7, 11) is 3.73. The van der Waals surface area contributed by atoms with Crippen LogP contribution in [-0.2, 0) is 28.5 Å². The molecule has 0 aromatic carbocycles. The van der Waals surface area contributed by atoms with Crippen molar-refractivity contribution in [3.05, 3.63) is 0 Å². The van der Waals surface area contributed by atoms with Crippen LogP contribution in [0.3, 0.4) is 0 Å². The number of rotatable bonds is 11. The van der Waals surface area contributed by atoms with Crippen LogP contribution in [0.1, 0.15) is 88.0 Å². The smallest absolute Gasteiger partial charge is 0.311 e. The Morgan fingerprint density at radius 1 is 1.04 bits per heavy atom. The van der Waals surface area contributed by atoms with Crippen molar-refractivity contribution in [2.45, 2.75) is 154 Å². The van der Waals surface area contributed by atoms with Crippen molar-refractivity contribution in [1.29, 1.82) is 0 Å². The molecule has 2 aliphatic rings. The summed E-state index contributed by atoms with van der Waals surface area (Å²) in [5.41, 5.74) is -3.42.